The lowest BCUT2D eigenvalue weighted by molar-refractivity contribution is -0.145. The van der Waals surface area contributed by atoms with Gasteiger partial charge in [-0.1, -0.05) is 72.8 Å². The number of aliphatic hydroxyl groups is 1. The van der Waals surface area contributed by atoms with E-state index in [0.717, 1.165) is 11.1 Å². The number of rotatable bonds is 8. The maximum Gasteiger partial charge on any atom is 0.305 e. The number of esters is 1. The van der Waals surface area contributed by atoms with Crippen molar-refractivity contribution >= 4 is 17.8 Å². The molecule has 2 aromatic carbocycles. The second-order valence-electron chi connectivity index (χ2n) is 9.10. The number of hydrogen-bond donors (Lipinski definition) is 2. The molecule has 0 bridgehead atoms. The normalized spacial score (nSPS) is 19.2. The maximum absolute atomic E-state index is 13.4. The zero-order chi connectivity index (χ0) is 25.6. The molecule has 0 aromatic heterocycles. The topological polar surface area (TPSA) is 95.9 Å². The minimum atomic E-state index is -0.569. The third-order valence-corrected chi connectivity index (χ3v) is 6.19. The van der Waals surface area contributed by atoms with Crippen molar-refractivity contribution in [3.63, 3.8) is 0 Å². The van der Waals surface area contributed by atoms with E-state index in [2.05, 4.69) is 5.32 Å². The number of aliphatic hydroxyl groups excluding tert-OH is 1. The summed E-state index contributed by atoms with van der Waals surface area (Å²) in [4.78, 5) is 40.3. The van der Waals surface area contributed by atoms with Crippen LogP contribution < -0.4 is 5.32 Å². The van der Waals surface area contributed by atoms with Gasteiger partial charge in [0, 0.05) is 25.9 Å². The summed E-state index contributed by atoms with van der Waals surface area (Å²) in [5.41, 5.74) is 1.98. The summed E-state index contributed by atoms with van der Waals surface area (Å²) in [6, 6.07) is 18.9. The van der Waals surface area contributed by atoms with E-state index in [9.17, 15) is 19.5 Å². The molecule has 1 aliphatic rings. The van der Waals surface area contributed by atoms with Gasteiger partial charge in [-0.15, -0.1) is 0 Å². The molecule has 0 saturated heterocycles. The molecule has 192 valence electrons. The number of carbonyl (C=O) groups excluding carboxylic acids is 3. The van der Waals surface area contributed by atoms with Gasteiger partial charge in [-0.25, -0.2) is 0 Å². The Balaban J connectivity index is 1.74. The third kappa shape index (κ3) is 9.30. The molecule has 0 unspecified atom stereocenters. The SMILES string of the molecule is O=C1CCCC=CC[C@H](CC(=O)N(CCO)Cc2ccccc2)C(=O)N[C@H](Cc2ccccc2)CO1. The molecule has 1 heterocycles. The van der Waals surface area contributed by atoms with E-state index in [4.69, 9.17) is 4.74 Å². The standard InChI is InChI=1S/C29H36N2O5/c32-18-17-31(21-24-13-7-4-8-14-24)27(33)20-25-15-9-1-2-10-16-28(34)36-22-26(30-29(25)35)19-23-11-5-3-6-12-23/h1,3-9,11-14,25-26,32H,2,10,15-22H2,(H,30,35)/t25-,26-/m1/s1. The average Bonchev–Trinajstić information content (AvgIpc) is 2.90. The fourth-order valence-corrected chi connectivity index (χ4v) is 4.22. The van der Waals surface area contributed by atoms with Crippen LogP contribution in [-0.2, 0) is 32.1 Å². The van der Waals surface area contributed by atoms with Gasteiger partial charge >= 0.3 is 5.97 Å². The van der Waals surface area contributed by atoms with Crippen LogP contribution in [-0.4, -0.2) is 53.6 Å². The van der Waals surface area contributed by atoms with Crippen molar-refractivity contribution in [1.82, 2.24) is 10.2 Å². The summed E-state index contributed by atoms with van der Waals surface area (Å²) in [5, 5.41) is 12.6. The van der Waals surface area contributed by atoms with Crippen LogP contribution in [0.25, 0.3) is 0 Å². The van der Waals surface area contributed by atoms with Crippen molar-refractivity contribution in [2.45, 2.75) is 51.1 Å². The number of amides is 2. The summed E-state index contributed by atoms with van der Waals surface area (Å²) in [5.74, 6) is -1.27. The van der Waals surface area contributed by atoms with Crippen molar-refractivity contribution < 1.29 is 24.2 Å². The second-order valence-corrected chi connectivity index (χ2v) is 9.10. The van der Waals surface area contributed by atoms with Crippen LogP contribution in [0.2, 0.25) is 0 Å². The Labute approximate surface area is 213 Å². The zero-order valence-electron chi connectivity index (χ0n) is 20.7. The minimum absolute atomic E-state index is 0.0286. The van der Waals surface area contributed by atoms with Crippen molar-refractivity contribution in [3.8, 4) is 0 Å². The summed E-state index contributed by atoms with van der Waals surface area (Å²) >= 11 is 0. The van der Waals surface area contributed by atoms with Crippen LogP contribution in [0, 0.1) is 5.92 Å². The van der Waals surface area contributed by atoms with E-state index < -0.39 is 12.0 Å². The van der Waals surface area contributed by atoms with Gasteiger partial charge in [-0.05, 0) is 36.8 Å². The van der Waals surface area contributed by atoms with Gasteiger partial charge < -0.3 is 20.1 Å². The highest BCUT2D eigenvalue weighted by atomic mass is 16.5. The van der Waals surface area contributed by atoms with Gasteiger partial charge in [0.1, 0.15) is 6.61 Å². The Morgan fingerprint density at radius 1 is 1.00 bits per heavy atom. The molecular formula is C29H36N2O5. The van der Waals surface area contributed by atoms with E-state index in [-0.39, 0.29) is 44.0 Å². The van der Waals surface area contributed by atoms with Crippen LogP contribution in [0.4, 0.5) is 0 Å². The number of cyclic esters (lactones) is 1. The number of ether oxygens (including phenoxy) is 1. The van der Waals surface area contributed by atoms with Crippen LogP contribution in [0.3, 0.4) is 0 Å². The van der Waals surface area contributed by atoms with Crippen LogP contribution >= 0.6 is 0 Å². The van der Waals surface area contributed by atoms with Gasteiger partial charge in [0.2, 0.25) is 11.8 Å². The van der Waals surface area contributed by atoms with Crippen LogP contribution in [0.1, 0.15) is 43.2 Å². The predicted octanol–water partition coefficient (Wildman–Crippen LogP) is 3.41. The summed E-state index contributed by atoms with van der Waals surface area (Å²) in [6.07, 6.45) is 6.53. The molecule has 2 aromatic rings. The van der Waals surface area contributed by atoms with Crippen molar-refractivity contribution in [2.24, 2.45) is 5.92 Å². The number of hydrogen-bond acceptors (Lipinski definition) is 5. The Kier molecular flexibility index (Phi) is 11.2. The molecule has 0 aliphatic carbocycles. The number of nitrogens with one attached hydrogen (secondary N) is 1. The number of nitrogens with zero attached hydrogens (tertiary/aromatic N) is 1. The van der Waals surface area contributed by atoms with Gasteiger partial charge in [-0.3, -0.25) is 14.4 Å². The quantitative estimate of drug-likeness (QED) is 0.435. The molecule has 7 nitrogen and oxygen atoms in total. The van der Waals surface area contributed by atoms with Gasteiger partial charge in [0.05, 0.1) is 18.6 Å². The first-order valence-corrected chi connectivity index (χ1v) is 12.6. The third-order valence-electron chi connectivity index (χ3n) is 6.19. The fourth-order valence-electron chi connectivity index (χ4n) is 4.22. The lowest BCUT2D eigenvalue weighted by Gasteiger charge is -2.26. The second kappa shape index (κ2) is 14.8. The largest absolute Gasteiger partial charge is 0.463 e. The van der Waals surface area contributed by atoms with E-state index in [1.54, 1.807) is 4.90 Å². The number of allylic oxidation sites excluding steroid dienone is 2. The highest BCUT2D eigenvalue weighted by Crippen LogP contribution is 2.17. The van der Waals surface area contributed by atoms with Crippen molar-refractivity contribution in [1.29, 1.82) is 0 Å². The lowest BCUT2D eigenvalue weighted by atomic mass is 9.97. The Morgan fingerprint density at radius 3 is 2.39 bits per heavy atom. The molecule has 2 atom stereocenters. The first-order valence-electron chi connectivity index (χ1n) is 12.6. The highest BCUT2D eigenvalue weighted by molar-refractivity contribution is 5.86. The first-order chi connectivity index (χ1) is 17.5. The highest BCUT2D eigenvalue weighted by Gasteiger charge is 2.27. The fraction of sp³-hybridized carbons (Fsp3) is 0.414. The monoisotopic (exact) mass is 492 g/mol. The summed E-state index contributed by atoms with van der Waals surface area (Å²) < 4.78 is 5.46. The van der Waals surface area contributed by atoms with Crippen molar-refractivity contribution in [2.75, 3.05) is 19.8 Å². The Hall–Kier alpha value is -3.45. The van der Waals surface area contributed by atoms with Crippen LogP contribution in [0.5, 0.6) is 0 Å². The smallest absolute Gasteiger partial charge is 0.305 e. The molecule has 3 rings (SSSR count). The molecular weight excluding hydrogens is 456 g/mol. The Bertz CT molecular complexity index is 993. The maximum atomic E-state index is 13.4. The lowest BCUT2D eigenvalue weighted by Crippen LogP contribution is -2.44. The number of benzene rings is 2. The van der Waals surface area contributed by atoms with E-state index in [0.29, 0.717) is 38.6 Å². The Morgan fingerprint density at radius 2 is 1.69 bits per heavy atom. The predicted molar refractivity (Wildman–Crippen MR) is 138 cm³/mol. The summed E-state index contributed by atoms with van der Waals surface area (Å²) in [6.45, 7) is 0.500. The first kappa shape index (κ1) is 27.1. The minimum Gasteiger partial charge on any atom is -0.463 e. The van der Waals surface area contributed by atoms with Gasteiger partial charge in [0.25, 0.3) is 0 Å². The number of carbonyl (C=O) groups is 3. The molecule has 2 N–H and O–H groups in total. The average molecular weight is 493 g/mol. The van der Waals surface area contributed by atoms with E-state index in [1.807, 2.05) is 72.8 Å². The molecule has 1 aliphatic heterocycles. The van der Waals surface area contributed by atoms with Gasteiger partial charge in [0.15, 0.2) is 0 Å². The van der Waals surface area contributed by atoms with Crippen LogP contribution in [0.15, 0.2) is 72.8 Å². The van der Waals surface area contributed by atoms with Crippen molar-refractivity contribution in [3.05, 3.63) is 83.9 Å². The summed E-state index contributed by atoms with van der Waals surface area (Å²) in [7, 11) is 0. The van der Waals surface area contributed by atoms with E-state index in [1.165, 1.54) is 0 Å². The molecule has 7 heteroatoms. The molecule has 36 heavy (non-hydrogen) atoms. The molecule has 2 amide bonds. The van der Waals surface area contributed by atoms with Gasteiger partial charge in [-0.2, -0.15) is 0 Å². The van der Waals surface area contributed by atoms with E-state index >= 15 is 0 Å². The molecule has 0 spiro atoms. The molecule has 0 radical (unpaired) electrons. The molecule has 0 fully saturated rings. The molecule has 0 saturated carbocycles. The zero-order valence-corrected chi connectivity index (χ0v) is 20.7.